The van der Waals surface area contributed by atoms with E-state index < -0.39 is 0 Å². The van der Waals surface area contributed by atoms with Crippen molar-refractivity contribution in [1.82, 2.24) is 14.8 Å². The van der Waals surface area contributed by atoms with Crippen molar-refractivity contribution >= 4 is 33.4 Å². The van der Waals surface area contributed by atoms with Crippen LogP contribution in [0.1, 0.15) is 11.4 Å². The standard InChI is InChI=1S/C23H21BrN4OS/c1-29-21-10-6-5-9-20(21)25-15-22-26-27-23(28(22)19-7-3-2-4-8-19)30-16-17-11-13-18(24)14-12-17/h2-14,25H,15-16H2,1H3. The van der Waals surface area contributed by atoms with Crippen molar-refractivity contribution in [3.63, 3.8) is 0 Å². The van der Waals surface area contributed by atoms with Gasteiger partial charge in [-0.2, -0.15) is 0 Å². The molecule has 0 spiro atoms. The van der Waals surface area contributed by atoms with Crippen LogP contribution in [-0.4, -0.2) is 21.9 Å². The Morgan fingerprint density at radius 1 is 0.933 bits per heavy atom. The third-order valence-corrected chi connectivity index (χ3v) is 6.07. The first-order valence-corrected chi connectivity index (χ1v) is 11.3. The van der Waals surface area contributed by atoms with Gasteiger partial charge in [-0.1, -0.05) is 70.2 Å². The highest BCUT2D eigenvalue weighted by molar-refractivity contribution is 9.10. The molecule has 4 rings (SSSR count). The third-order valence-electron chi connectivity index (χ3n) is 4.54. The lowest BCUT2D eigenvalue weighted by Gasteiger charge is -2.13. The van der Waals surface area contributed by atoms with E-state index in [0.717, 1.165) is 38.3 Å². The molecule has 0 radical (unpaired) electrons. The number of aromatic nitrogens is 3. The molecule has 0 unspecified atom stereocenters. The molecular formula is C23H21BrN4OS. The van der Waals surface area contributed by atoms with Crippen LogP contribution < -0.4 is 10.1 Å². The summed E-state index contributed by atoms with van der Waals surface area (Å²) in [6.45, 7) is 0.529. The number of rotatable bonds is 8. The highest BCUT2D eigenvalue weighted by Gasteiger charge is 2.15. The maximum absolute atomic E-state index is 5.44. The third kappa shape index (κ3) is 4.86. The van der Waals surface area contributed by atoms with Crippen LogP contribution in [-0.2, 0) is 12.3 Å². The molecule has 0 atom stereocenters. The van der Waals surface area contributed by atoms with E-state index in [0.29, 0.717) is 6.54 Å². The minimum absolute atomic E-state index is 0.529. The zero-order chi connectivity index (χ0) is 20.8. The average Bonchev–Trinajstić information content (AvgIpc) is 3.21. The molecule has 3 aromatic carbocycles. The number of nitrogens with one attached hydrogen (secondary N) is 1. The lowest BCUT2D eigenvalue weighted by Crippen LogP contribution is -2.09. The van der Waals surface area contributed by atoms with Crippen molar-refractivity contribution in [2.24, 2.45) is 0 Å². The van der Waals surface area contributed by atoms with E-state index in [1.165, 1.54) is 5.56 Å². The minimum atomic E-state index is 0.529. The number of benzene rings is 3. The second-order valence-corrected chi connectivity index (χ2v) is 8.40. The first-order chi connectivity index (χ1) is 14.7. The number of hydrogen-bond acceptors (Lipinski definition) is 5. The first kappa shape index (κ1) is 20.5. The maximum Gasteiger partial charge on any atom is 0.196 e. The van der Waals surface area contributed by atoms with E-state index in [-0.39, 0.29) is 0 Å². The number of ether oxygens (including phenoxy) is 1. The molecule has 152 valence electrons. The van der Waals surface area contributed by atoms with Gasteiger partial charge in [-0.3, -0.25) is 4.57 Å². The van der Waals surface area contributed by atoms with Gasteiger partial charge < -0.3 is 10.1 Å². The highest BCUT2D eigenvalue weighted by atomic mass is 79.9. The molecule has 4 aromatic rings. The van der Waals surface area contributed by atoms with Gasteiger partial charge in [0.1, 0.15) is 5.75 Å². The van der Waals surface area contributed by atoms with Gasteiger partial charge in [0.05, 0.1) is 19.3 Å². The predicted molar refractivity (Wildman–Crippen MR) is 125 cm³/mol. The number of para-hydroxylation sites is 3. The van der Waals surface area contributed by atoms with Crippen molar-refractivity contribution in [3.05, 3.63) is 94.7 Å². The Morgan fingerprint density at radius 2 is 1.67 bits per heavy atom. The summed E-state index contributed by atoms with van der Waals surface area (Å²) in [6, 6.07) is 26.4. The summed E-state index contributed by atoms with van der Waals surface area (Å²) in [5.41, 5.74) is 3.20. The molecule has 0 fully saturated rings. The maximum atomic E-state index is 5.44. The van der Waals surface area contributed by atoms with Crippen LogP contribution in [0.2, 0.25) is 0 Å². The highest BCUT2D eigenvalue weighted by Crippen LogP contribution is 2.27. The zero-order valence-electron chi connectivity index (χ0n) is 16.5. The predicted octanol–water partition coefficient (Wildman–Crippen LogP) is 5.94. The molecule has 0 saturated heterocycles. The summed E-state index contributed by atoms with van der Waals surface area (Å²) in [5, 5.41) is 13.2. The molecule has 1 N–H and O–H groups in total. The van der Waals surface area contributed by atoms with Crippen molar-refractivity contribution in [2.45, 2.75) is 17.5 Å². The van der Waals surface area contributed by atoms with Gasteiger partial charge in [0.2, 0.25) is 0 Å². The van der Waals surface area contributed by atoms with Crippen LogP contribution in [0.5, 0.6) is 5.75 Å². The number of hydrogen-bond donors (Lipinski definition) is 1. The van der Waals surface area contributed by atoms with Crippen LogP contribution in [0, 0.1) is 0 Å². The smallest absolute Gasteiger partial charge is 0.196 e. The summed E-state index contributed by atoms with van der Waals surface area (Å²) in [4.78, 5) is 0. The van der Waals surface area contributed by atoms with E-state index in [1.54, 1.807) is 18.9 Å². The fourth-order valence-corrected chi connectivity index (χ4v) is 4.23. The molecule has 1 aromatic heterocycles. The molecule has 0 aliphatic rings. The fourth-order valence-electron chi connectivity index (χ4n) is 3.04. The van der Waals surface area contributed by atoms with Gasteiger partial charge in [-0.25, -0.2) is 0 Å². The van der Waals surface area contributed by atoms with Crippen molar-refractivity contribution in [1.29, 1.82) is 0 Å². The van der Waals surface area contributed by atoms with E-state index in [2.05, 4.69) is 72.4 Å². The second kappa shape index (κ2) is 9.82. The summed E-state index contributed by atoms with van der Waals surface area (Å²) in [5.74, 6) is 2.46. The number of methoxy groups -OCH3 is 1. The lowest BCUT2D eigenvalue weighted by molar-refractivity contribution is 0.416. The summed E-state index contributed by atoms with van der Waals surface area (Å²) < 4.78 is 8.62. The van der Waals surface area contributed by atoms with Gasteiger partial charge in [0.25, 0.3) is 0 Å². The number of halogens is 1. The SMILES string of the molecule is COc1ccccc1NCc1nnc(SCc2ccc(Br)cc2)n1-c1ccccc1. The molecule has 5 nitrogen and oxygen atoms in total. The fraction of sp³-hybridized carbons (Fsp3) is 0.130. The van der Waals surface area contributed by atoms with E-state index in [9.17, 15) is 0 Å². The van der Waals surface area contributed by atoms with Gasteiger partial charge >= 0.3 is 0 Å². The Hall–Kier alpha value is -2.77. The number of thioether (sulfide) groups is 1. The van der Waals surface area contributed by atoms with Gasteiger partial charge in [0, 0.05) is 15.9 Å². The monoisotopic (exact) mass is 480 g/mol. The molecule has 0 bridgehead atoms. The van der Waals surface area contributed by atoms with Crippen LogP contribution >= 0.6 is 27.7 Å². The normalized spacial score (nSPS) is 10.7. The molecule has 0 amide bonds. The quantitative estimate of drug-likeness (QED) is 0.316. The van der Waals surface area contributed by atoms with Crippen LogP contribution in [0.25, 0.3) is 5.69 Å². The zero-order valence-corrected chi connectivity index (χ0v) is 18.9. The van der Waals surface area contributed by atoms with E-state index in [1.807, 2.05) is 42.5 Å². The summed E-state index contributed by atoms with van der Waals surface area (Å²) >= 11 is 5.16. The van der Waals surface area contributed by atoms with Gasteiger partial charge in [-0.15, -0.1) is 10.2 Å². The Morgan fingerprint density at radius 3 is 2.43 bits per heavy atom. The largest absolute Gasteiger partial charge is 0.495 e. The van der Waals surface area contributed by atoms with Crippen molar-refractivity contribution in [2.75, 3.05) is 12.4 Å². The Kier molecular flexibility index (Phi) is 6.71. The second-order valence-electron chi connectivity index (χ2n) is 6.54. The van der Waals surface area contributed by atoms with E-state index in [4.69, 9.17) is 4.74 Å². The van der Waals surface area contributed by atoms with Crippen LogP contribution in [0.3, 0.4) is 0 Å². The minimum Gasteiger partial charge on any atom is -0.495 e. The molecule has 7 heteroatoms. The Balaban J connectivity index is 1.58. The average molecular weight is 481 g/mol. The van der Waals surface area contributed by atoms with Gasteiger partial charge in [-0.05, 0) is 42.0 Å². The summed E-state index contributed by atoms with van der Waals surface area (Å²) in [7, 11) is 1.67. The van der Waals surface area contributed by atoms with E-state index >= 15 is 0 Å². The molecule has 0 saturated carbocycles. The molecule has 0 aliphatic heterocycles. The number of anilines is 1. The molecule has 30 heavy (non-hydrogen) atoms. The number of nitrogens with zero attached hydrogens (tertiary/aromatic N) is 3. The van der Waals surface area contributed by atoms with Crippen LogP contribution in [0.4, 0.5) is 5.69 Å². The summed E-state index contributed by atoms with van der Waals surface area (Å²) in [6.07, 6.45) is 0. The first-order valence-electron chi connectivity index (χ1n) is 9.48. The van der Waals surface area contributed by atoms with Crippen molar-refractivity contribution in [3.8, 4) is 11.4 Å². The van der Waals surface area contributed by atoms with Crippen molar-refractivity contribution < 1.29 is 4.74 Å². The van der Waals surface area contributed by atoms with Crippen LogP contribution in [0.15, 0.2) is 88.5 Å². The lowest BCUT2D eigenvalue weighted by atomic mass is 10.2. The molecule has 0 aliphatic carbocycles. The molecule has 1 heterocycles. The Labute approximate surface area is 188 Å². The Bertz CT molecular complexity index is 1100. The molecular weight excluding hydrogens is 460 g/mol. The van der Waals surface area contributed by atoms with Gasteiger partial charge in [0.15, 0.2) is 11.0 Å². The topological polar surface area (TPSA) is 52.0 Å².